The van der Waals surface area contributed by atoms with Gasteiger partial charge < -0.3 is 5.32 Å². The van der Waals surface area contributed by atoms with Crippen LogP contribution in [-0.2, 0) is 13.0 Å². The summed E-state index contributed by atoms with van der Waals surface area (Å²) < 4.78 is 0. The van der Waals surface area contributed by atoms with E-state index >= 15 is 0 Å². The second-order valence-corrected chi connectivity index (χ2v) is 7.36. The van der Waals surface area contributed by atoms with Crippen LogP contribution in [0.4, 0.5) is 0 Å². The minimum Gasteiger partial charge on any atom is -0.349 e. The first-order valence-corrected chi connectivity index (χ1v) is 9.70. The third-order valence-electron chi connectivity index (χ3n) is 5.74. The van der Waals surface area contributed by atoms with Gasteiger partial charge >= 0.3 is 0 Å². The maximum atomic E-state index is 13.2. The molecular weight excluding hydrogens is 310 g/mol. The van der Waals surface area contributed by atoms with E-state index in [2.05, 4.69) is 17.1 Å². The van der Waals surface area contributed by atoms with Gasteiger partial charge in [-0.25, -0.2) is 0 Å². The number of amides is 1. The fraction of sp³-hybridized carbons (Fsp3) is 0.524. The topological polar surface area (TPSA) is 45.2 Å². The zero-order valence-corrected chi connectivity index (χ0v) is 15.1. The van der Waals surface area contributed by atoms with Crippen molar-refractivity contribution in [3.8, 4) is 0 Å². The van der Waals surface area contributed by atoms with Crippen LogP contribution in [-0.4, -0.2) is 34.9 Å². The second kappa shape index (κ2) is 7.12. The van der Waals surface area contributed by atoms with Crippen LogP contribution in [0.3, 0.4) is 0 Å². The van der Waals surface area contributed by atoms with Gasteiger partial charge in [-0.3, -0.25) is 14.7 Å². The molecule has 0 atom stereocenters. The summed E-state index contributed by atoms with van der Waals surface area (Å²) in [4.78, 5) is 20.5. The van der Waals surface area contributed by atoms with Gasteiger partial charge in [0.1, 0.15) is 0 Å². The third kappa shape index (κ3) is 3.28. The van der Waals surface area contributed by atoms with E-state index in [9.17, 15) is 4.79 Å². The van der Waals surface area contributed by atoms with Crippen LogP contribution in [0.1, 0.15) is 60.6 Å². The van der Waals surface area contributed by atoms with Gasteiger partial charge in [-0.05, 0) is 25.5 Å². The van der Waals surface area contributed by atoms with Gasteiger partial charge in [-0.2, -0.15) is 0 Å². The minimum absolute atomic E-state index is 0.0969. The van der Waals surface area contributed by atoms with Crippen molar-refractivity contribution in [3.05, 3.63) is 41.1 Å². The zero-order valence-electron chi connectivity index (χ0n) is 15.1. The Hall–Kier alpha value is -1.94. The highest BCUT2D eigenvalue weighted by Crippen LogP contribution is 2.28. The van der Waals surface area contributed by atoms with Gasteiger partial charge in [0.05, 0.1) is 11.1 Å². The van der Waals surface area contributed by atoms with Crippen LogP contribution in [0, 0.1) is 0 Å². The lowest BCUT2D eigenvalue weighted by Crippen LogP contribution is -2.38. The maximum absolute atomic E-state index is 13.2. The first kappa shape index (κ1) is 16.5. The van der Waals surface area contributed by atoms with Crippen LogP contribution >= 0.6 is 0 Å². The molecule has 1 aromatic carbocycles. The molecule has 4 rings (SSSR count). The number of pyridine rings is 1. The summed E-state index contributed by atoms with van der Waals surface area (Å²) in [5.41, 5.74) is 4.06. The Kier molecular flexibility index (Phi) is 4.71. The van der Waals surface area contributed by atoms with Crippen molar-refractivity contribution in [1.29, 1.82) is 0 Å². The lowest BCUT2D eigenvalue weighted by atomic mass is 9.93. The molecule has 2 aliphatic rings. The number of benzene rings is 1. The number of rotatable bonds is 3. The highest BCUT2D eigenvalue weighted by atomic mass is 16.1. The second-order valence-electron chi connectivity index (χ2n) is 7.36. The molecule has 2 aromatic rings. The average molecular weight is 337 g/mol. The molecule has 0 radical (unpaired) electrons. The smallest absolute Gasteiger partial charge is 0.252 e. The number of para-hydroxylation sites is 1. The molecule has 0 unspecified atom stereocenters. The molecule has 1 aliphatic heterocycles. The van der Waals surface area contributed by atoms with Gasteiger partial charge in [-0.1, -0.05) is 44.4 Å². The number of fused-ring (bicyclic) bond motifs is 2. The maximum Gasteiger partial charge on any atom is 0.252 e. The fourth-order valence-electron chi connectivity index (χ4n) is 4.28. The van der Waals surface area contributed by atoms with Gasteiger partial charge in [0.25, 0.3) is 5.91 Å². The van der Waals surface area contributed by atoms with Gasteiger partial charge in [0.15, 0.2) is 0 Å². The summed E-state index contributed by atoms with van der Waals surface area (Å²) in [5.74, 6) is 0.0969. The fourth-order valence-corrected chi connectivity index (χ4v) is 4.28. The number of aromatic nitrogens is 1. The molecular formula is C21H27N3O. The first-order chi connectivity index (χ1) is 12.3. The number of carbonyl (C=O) groups excluding carboxylic acids is 1. The van der Waals surface area contributed by atoms with E-state index in [1.807, 2.05) is 24.3 Å². The molecule has 1 aromatic heterocycles. The lowest BCUT2D eigenvalue weighted by molar-refractivity contribution is 0.0926. The van der Waals surface area contributed by atoms with Crippen LogP contribution in [0.25, 0.3) is 10.9 Å². The van der Waals surface area contributed by atoms with Gasteiger partial charge in [0.2, 0.25) is 0 Å². The third-order valence-corrected chi connectivity index (χ3v) is 5.74. The van der Waals surface area contributed by atoms with Gasteiger partial charge in [0, 0.05) is 42.2 Å². The predicted molar refractivity (Wildman–Crippen MR) is 101 cm³/mol. The molecule has 4 nitrogen and oxygen atoms in total. The largest absolute Gasteiger partial charge is 0.349 e. The van der Waals surface area contributed by atoms with Gasteiger partial charge in [-0.15, -0.1) is 0 Å². The zero-order chi connectivity index (χ0) is 17.2. The molecule has 2 heterocycles. The minimum atomic E-state index is 0.0969. The lowest BCUT2D eigenvalue weighted by Gasteiger charge is -2.30. The summed E-state index contributed by atoms with van der Waals surface area (Å²) in [7, 11) is 0. The summed E-state index contributed by atoms with van der Waals surface area (Å²) in [5, 5.41) is 4.32. The summed E-state index contributed by atoms with van der Waals surface area (Å²) in [6, 6.07) is 8.41. The van der Waals surface area contributed by atoms with E-state index in [1.54, 1.807) is 0 Å². The Morgan fingerprint density at radius 3 is 2.84 bits per heavy atom. The quantitative estimate of drug-likeness (QED) is 0.929. The number of nitrogens with one attached hydrogen (secondary N) is 1. The SMILES string of the molecule is CCN1CCc2nc3ccccc3c(C(=O)NC3CCCCC3)c2C1. The highest BCUT2D eigenvalue weighted by molar-refractivity contribution is 6.07. The molecule has 1 amide bonds. The first-order valence-electron chi connectivity index (χ1n) is 9.70. The Bertz CT molecular complexity index is 780. The normalized spacial score (nSPS) is 18.9. The summed E-state index contributed by atoms with van der Waals surface area (Å²) in [6.07, 6.45) is 6.90. The number of nitrogens with zero attached hydrogens (tertiary/aromatic N) is 2. The molecule has 1 aliphatic carbocycles. The van der Waals surface area contributed by atoms with Crippen molar-refractivity contribution in [2.45, 2.75) is 58.0 Å². The van der Waals surface area contributed by atoms with E-state index in [0.29, 0.717) is 6.04 Å². The number of carbonyl (C=O) groups is 1. The Balaban J connectivity index is 1.75. The molecule has 1 fully saturated rings. The molecule has 0 saturated heterocycles. The average Bonchev–Trinajstić information content (AvgIpc) is 2.66. The van der Waals surface area contributed by atoms with Crippen LogP contribution in [0.5, 0.6) is 0 Å². The van der Waals surface area contributed by atoms with Crippen molar-refractivity contribution < 1.29 is 4.79 Å². The molecule has 1 saturated carbocycles. The molecule has 0 spiro atoms. The van der Waals surface area contributed by atoms with Crippen LogP contribution in [0.15, 0.2) is 24.3 Å². The van der Waals surface area contributed by atoms with Crippen molar-refractivity contribution in [3.63, 3.8) is 0 Å². The molecule has 25 heavy (non-hydrogen) atoms. The van der Waals surface area contributed by atoms with Crippen molar-refractivity contribution >= 4 is 16.8 Å². The highest BCUT2D eigenvalue weighted by Gasteiger charge is 2.26. The van der Waals surface area contributed by atoms with Crippen molar-refractivity contribution in [1.82, 2.24) is 15.2 Å². The van der Waals surface area contributed by atoms with E-state index in [-0.39, 0.29) is 5.91 Å². The molecule has 132 valence electrons. The van der Waals surface area contributed by atoms with Crippen LogP contribution < -0.4 is 5.32 Å². The number of likely N-dealkylation sites (N-methyl/N-ethyl adjacent to an activating group) is 1. The van der Waals surface area contributed by atoms with E-state index < -0.39 is 0 Å². The summed E-state index contributed by atoms with van der Waals surface area (Å²) in [6.45, 7) is 5.05. The summed E-state index contributed by atoms with van der Waals surface area (Å²) >= 11 is 0. The van der Waals surface area contributed by atoms with E-state index in [4.69, 9.17) is 4.98 Å². The Labute approximate surface area is 149 Å². The Morgan fingerprint density at radius 2 is 2.04 bits per heavy atom. The monoisotopic (exact) mass is 337 g/mol. The predicted octanol–water partition coefficient (Wildman–Crippen LogP) is 3.68. The van der Waals surface area contributed by atoms with E-state index in [0.717, 1.165) is 66.6 Å². The van der Waals surface area contributed by atoms with Crippen LogP contribution in [0.2, 0.25) is 0 Å². The standard InChI is InChI=1S/C21H27N3O/c1-2-24-13-12-19-17(14-24)20(16-10-6-7-11-18(16)23-19)21(25)22-15-8-4-3-5-9-15/h6-7,10-11,15H,2-5,8-9,12-14H2,1H3,(H,22,25). The molecule has 0 bridgehead atoms. The number of hydrogen-bond donors (Lipinski definition) is 1. The molecule has 4 heteroatoms. The van der Waals surface area contributed by atoms with Crippen molar-refractivity contribution in [2.24, 2.45) is 0 Å². The Morgan fingerprint density at radius 1 is 1.24 bits per heavy atom. The van der Waals surface area contributed by atoms with E-state index in [1.165, 1.54) is 19.3 Å². The van der Waals surface area contributed by atoms with Crippen molar-refractivity contribution in [2.75, 3.05) is 13.1 Å². The number of hydrogen-bond acceptors (Lipinski definition) is 3. The molecule has 1 N–H and O–H groups in total.